The minimum atomic E-state index is -4.30. The van der Waals surface area contributed by atoms with Crippen LogP contribution in [0.2, 0.25) is 0 Å². The zero-order chi connectivity index (χ0) is 29.9. The predicted molar refractivity (Wildman–Crippen MR) is 138 cm³/mol. The Kier molecular flexibility index (Phi) is 7.37. The number of nitrogen functional groups attached to an aromatic ring is 1. The van der Waals surface area contributed by atoms with Gasteiger partial charge in [-0.25, -0.2) is 14.4 Å². The van der Waals surface area contributed by atoms with Crippen LogP contribution >= 0.6 is 6.72 Å². The van der Waals surface area contributed by atoms with E-state index in [9.17, 15) is 29.8 Å². The first-order valence-corrected chi connectivity index (χ1v) is 14.7. The van der Waals surface area contributed by atoms with E-state index in [2.05, 4.69) is 35.2 Å². The molecule has 20 nitrogen and oxygen atoms in total. The van der Waals surface area contributed by atoms with Crippen molar-refractivity contribution in [1.82, 2.24) is 44.5 Å². The van der Waals surface area contributed by atoms with Crippen molar-refractivity contribution in [2.75, 3.05) is 18.9 Å². The molecule has 0 radical (unpaired) electrons. The number of nitrogens with zero attached hydrogens (tertiary/aromatic N) is 7. The van der Waals surface area contributed by atoms with Crippen LogP contribution in [0.15, 0.2) is 22.2 Å². The Bertz CT molecular complexity index is 1800. The molecule has 2 fully saturated rings. The van der Waals surface area contributed by atoms with E-state index >= 15 is 4.39 Å². The Morgan fingerprint density at radius 1 is 1.12 bits per heavy atom. The normalized spacial score (nSPS) is 31.3. The first kappa shape index (κ1) is 28.8. The average molecular weight is 632 g/mol. The van der Waals surface area contributed by atoms with E-state index in [1.54, 1.807) is 0 Å². The minimum absolute atomic E-state index is 0.0487. The second kappa shape index (κ2) is 10.8. The molecule has 6 rings (SSSR count). The van der Waals surface area contributed by atoms with Crippen molar-refractivity contribution in [2.45, 2.75) is 49.1 Å². The Morgan fingerprint density at radius 3 is 2.64 bits per heavy atom. The van der Waals surface area contributed by atoms with Gasteiger partial charge in [0.25, 0.3) is 11.1 Å². The summed E-state index contributed by atoms with van der Waals surface area (Å²) < 4.78 is 39.2. The van der Waals surface area contributed by atoms with E-state index in [4.69, 9.17) is 36.1 Å². The largest absolute Gasteiger partial charge is 0.394 e. The van der Waals surface area contributed by atoms with Crippen molar-refractivity contribution < 1.29 is 43.1 Å². The third-order valence-corrected chi connectivity index (χ3v) is 8.24. The summed E-state index contributed by atoms with van der Waals surface area (Å²) >= 11 is 5.09. The maximum Gasteiger partial charge on any atom is 0.325 e. The standard InChI is InChI=1S/C19H22FN10O10PS/c20-7-10(32)6(39-17(7)30-13-9(27-28-30)15(34)23-3-22-13)2-37-41(36,42)40-12-11(33)5(1-31)38-18(12)29-4-24-8-14(29)25-19(21)26-16(8)35/h3-7,10-12,17-18,31-33H,1-2H2,(H,36,42)(H,22,23,34)(H3,21,25,26,35)/t5-,6-,7+,10-,11-,12-,17-,18-,41?/m1/s1. The highest BCUT2D eigenvalue weighted by molar-refractivity contribution is 8.07. The number of H-pyrrole nitrogens is 2. The molecule has 0 aromatic carbocycles. The van der Waals surface area contributed by atoms with Gasteiger partial charge in [-0.2, -0.15) is 9.67 Å². The van der Waals surface area contributed by atoms with Crippen LogP contribution in [0, 0.1) is 0 Å². The van der Waals surface area contributed by atoms with Crippen LogP contribution in [0.25, 0.3) is 22.3 Å². The van der Waals surface area contributed by atoms with Crippen LogP contribution in [0.4, 0.5) is 10.3 Å². The Balaban J connectivity index is 1.19. The predicted octanol–water partition coefficient (Wildman–Crippen LogP) is -3.30. The number of aliphatic hydroxyl groups excluding tert-OH is 3. The van der Waals surface area contributed by atoms with Gasteiger partial charge in [-0.05, 0) is 11.8 Å². The van der Waals surface area contributed by atoms with Gasteiger partial charge in [0.1, 0.15) is 30.5 Å². The molecule has 23 heteroatoms. The summed E-state index contributed by atoms with van der Waals surface area (Å²) in [6.45, 7) is -5.63. The summed E-state index contributed by atoms with van der Waals surface area (Å²) in [4.78, 5) is 51.4. The molecule has 1 unspecified atom stereocenters. The number of anilines is 1. The second-order valence-corrected chi connectivity index (χ2v) is 12.1. The van der Waals surface area contributed by atoms with Gasteiger partial charge in [0.05, 0.1) is 25.9 Å². The molecule has 2 aliphatic rings. The van der Waals surface area contributed by atoms with E-state index in [0.29, 0.717) is 0 Å². The van der Waals surface area contributed by atoms with Gasteiger partial charge in [0.2, 0.25) is 5.95 Å². The Labute approximate surface area is 236 Å². The van der Waals surface area contributed by atoms with Crippen molar-refractivity contribution >= 4 is 46.8 Å². The summed E-state index contributed by atoms with van der Waals surface area (Å²) in [5.41, 5.74) is 3.93. The lowest BCUT2D eigenvalue weighted by Gasteiger charge is -2.27. The fourth-order valence-corrected chi connectivity index (χ4v) is 6.09. The Morgan fingerprint density at radius 2 is 1.88 bits per heavy atom. The molecule has 4 aromatic heterocycles. The molecule has 0 spiro atoms. The van der Waals surface area contributed by atoms with Crippen LogP contribution in [-0.4, -0.2) is 115 Å². The van der Waals surface area contributed by atoms with E-state index < -0.39 is 80.2 Å². The third-order valence-electron chi connectivity index (χ3n) is 6.68. The van der Waals surface area contributed by atoms with Gasteiger partial charge in [0.15, 0.2) is 41.0 Å². The fourth-order valence-electron chi connectivity index (χ4n) is 4.67. The number of nitrogens with one attached hydrogen (secondary N) is 2. The average Bonchev–Trinajstić information content (AvgIpc) is 3.69. The van der Waals surface area contributed by atoms with E-state index in [-0.39, 0.29) is 28.3 Å². The highest BCUT2D eigenvalue weighted by Crippen LogP contribution is 2.50. The molecule has 6 heterocycles. The molecule has 2 saturated heterocycles. The quantitative estimate of drug-likeness (QED) is 0.0936. The molecule has 226 valence electrons. The maximum absolute atomic E-state index is 15.0. The number of nitrogens with two attached hydrogens (primary N) is 1. The summed E-state index contributed by atoms with van der Waals surface area (Å²) in [6, 6.07) is 0. The molecule has 0 bridgehead atoms. The monoisotopic (exact) mass is 632 g/mol. The van der Waals surface area contributed by atoms with Gasteiger partial charge in [0, 0.05) is 0 Å². The number of aromatic nitrogens is 9. The molecule has 0 saturated carbocycles. The van der Waals surface area contributed by atoms with Crippen LogP contribution in [0.5, 0.6) is 0 Å². The van der Waals surface area contributed by atoms with Gasteiger partial charge in [-0.1, -0.05) is 5.21 Å². The van der Waals surface area contributed by atoms with E-state index in [0.717, 1.165) is 17.3 Å². The van der Waals surface area contributed by atoms with Crippen LogP contribution in [0.3, 0.4) is 0 Å². The summed E-state index contributed by atoms with van der Waals surface area (Å²) in [6.07, 6.45) is -10.2. The lowest BCUT2D eigenvalue weighted by molar-refractivity contribution is -0.0576. The number of imidazole rings is 1. The lowest BCUT2D eigenvalue weighted by atomic mass is 10.1. The van der Waals surface area contributed by atoms with Gasteiger partial charge < -0.3 is 44.9 Å². The van der Waals surface area contributed by atoms with E-state index in [1.807, 2.05) is 0 Å². The summed E-state index contributed by atoms with van der Waals surface area (Å²) in [7, 11) is 0. The zero-order valence-electron chi connectivity index (χ0n) is 20.9. The molecule has 4 aromatic rings. The second-order valence-electron chi connectivity index (χ2n) is 9.29. The molecular formula is C19H22FN10O10PS. The fraction of sp³-hybridized carbons (Fsp3) is 0.526. The summed E-state index contributed by atoms with van der Waals surface area (Å²) in [5, 5.41) is 38.2. The highest BCUT2D eigenvalue weighted by Gasteiger charge is 2.50. The maximum atomic E-state index is 15.0. The number of hydrogen-bond donors (Lipinski definition) is 7. The number of ether oxygens (including phenoxy) is 2. The molecule has 0 aliphatic carbocycles. The van der Waals surface area contributed by atoms with E-state index in [1.165, 1.54) is 4.57 Å². The van der Waals surface area contributed by atoms with Crippen LogP contribution in [-0.2, 0) is 30.3 Å². The molecule has 9 atom stereocenters. The number of fused-ring (bicyclic) bond motifs is 2. The zero-order valence-corrected chi connectivity index (χ0v) is 22.6. The molecule has 8 N–H and O–H groups in total. The van der Waals surface area contributed by atoms with Crippen molar-refractivity contribution in [2.24, 2.45) is 0 Å². The number of hydrogen-bond acceptors (Lipinski definition) is 16. The number of rotatable bonds is 8. The van der Waals surface area contributed by atoms with Crippen molar-refractivity contribution in [3.63, 3.8) is 0 Å². The number of aromatic amines is 2. The number of aliphatic hydroxyl groups is 3. The summed E-state index contributed by atoms with van der Waals surface area (Å²) in [5.74, 6) is -0.236. The lowest BCUT2D eigenvalue weighted by Crippen LogP contribution is -2.35. The van der Waals surface area contributed by atoms with Gasteiger partial charge in [-0.15, -0.1) is 5.10 Å². The Hall–Kier alpha value is -3.31. The first-order chi connectivity index (χ1) is 20.0. The SMILES string of the molecule is Nc1nc2c(ncn2[C@@H]2O[C@H](CO)[C@@H](O)[C@H]2OP(O)(=S)OC[C@H]2O[C@@H](n3nnc4c(=O)[nH]cnc43)[C@@H](F)[C@@H]2O)c(=O)[nH]1. The number of alkyl halides is 1. The van der Waals surface area contributed by atoms with Gasteiger partial charge in [-0.3, -0.25) is 23.7 Å². The van der Waals surface area contributed by atoms with Crippen molar-refractivity contribution in [3.8, 4) is 0 Å². The minimum Gasteiger partial charge on any atom is -0.394 e. The van der Waals surface area contributed by atoms with Gasteiger partial charge >= 0.3 is 6.72 Å². The van der Waals surface area contributed by atoms with Crippen LogP contribution in [0.1, 0.15) is 12.5 Å². The third kappa shape index (κ3) is 4.90. The molecule has 0 amide bonds. The topological polar surface area (TPSA) is 284 Å². The van der Waals surface area contributed by atoms with Crippen LogP contribution < -0.4 is 16.9 Å². The molecule has 2 aliphatic heterocycles. The molecule has 42 heavy (non-hydrogen) atoms. The highest BCUT2D eigenvalue weighted by atomic mass is 32.5. The first-order valence-electron chi connectivity index (χ1n) is 12.1. The number of halogens is 1. The van der Waals surface area contributed by atoms with Crippen molar-refractivity contribution in [1.29, 1.82) is 0 Å². The smallest absolute Gasteiger partial charge is 0.325 e. The molecular weight excluding hydrogens is 610 g/mol. The van der Waals surface area contributed by atoms with Crippen molar-refractivity contribution in [3.05, 3.63) is 33.4 Å².